The van der Waals surface area contributed by atoms with Gasteiger partial charge in [0.1, 0.15) is 5.60 Å². The number of carbonyl (C=O) groups excluding carboxylic acids is 1. The highest BCUT2D eigenvalue weighted by Gasteiger charge is 2.27. The molecule has 1 fully saturated rings. The van der Waals surface area contributed by atoms with Crippen molar-refractivity contribution in [2.75, 3.05) is 31.1 Å². The van der Waals surface area contributed by atoms with Gasteiger partial charge in [-0.1, -0.05) is 22.0 Å². The van der Waals surface area contributed by atoms with Crippen LogP contribution in [0.2, 0.25) is 0 Å². The first-order valence-electron chi connectivity index (χ1n) is 10.8. The Morgan fingerprint density at radius 1 is 1.03 bits per heavy atom. The second kappa shape index (κ2) is 8.68. The van der Waals surface area contributed by atoms with Crippen LogP contribution < -0.4 is 4.90 Å². The molecule has 4 rings (SSSR count). The number of benzene rings is 2. The van der Waals surface area contributed by atoms with Gasteiger partial charge in [-0.2, -0.15) is 0 Å². The quantitative estimate of drug-likeness (QED) is 0.482. The molecule has 9 heteroatoms. The highest BCUT2D eigenvalue weighted by molar-refractivity contribution is 9.10. The van der Waals surface area contributed by atoms with Gasteiger partial charge in [-0.05, 0) is 57.2 Å². The molecule has 0 bridgehead atoms. The average molecular weight is 534 g/mol. The minimum absolute atomic E-state index is 0.252. The number of nitrogens with zero attached hydrogens (tertiary/aromatic N) is 3. The van der Waals surface area contributed by atoms with Gasteiger partial charge in [-0.15, -0.1) is 0 Å². The fourth-order valence-electron chi connectivity index (χ4n) is 3.99. The summed E-state index contributed by atoms with van der Waals surface area (Å²) in [5.74, 6) is 0. The highest BCUT2D eigenvalue weighted by Crippen LogP contribution is 2.33. The number of ether oxygens (including phenoxy) is 1. The number of hydrogen-bond donors (Lipinski definition) is 0. The molecule has 1 aliphatic rings. The lowest BCUT2D eigenvalue weighted by Crippen LogP contribution is -2.50. The van der Waals surface area contributed by atoms with Gasteiger partial charge in [0.2, 0.25) is 9.84 Å². The number of piperazine rings is 1. The van der Waals surface area contributed by atoms with Crippen LogP contribution in [-0.4, -0.2) is 55.8 Å². The van der Waals surface area contributed by atoms with Gasteiger partial charge in [0.25, 0.3) is 0 Å². The predicted molar refractivity (Wildman–Crippen MR) is 133 cm³/mol. The minimum Gasteiger partial charge on any atom is -0.444 e. The van der Waals surface area contributed by atoms with Crippen molar-refractivity contribution in [2.24, 2.45) is 7.05 Å². The number of amides is 1. The largest absolute Gasteiger partial charge is 0.444 e. The van der Waals surface area contributed by atoms with Crippen molar-refractivity contribution < 1.29 is 17.9 Å². The number of hydrogen-bond acceptors (Lipinski definition) is 5. The lowest BCUT2D eigenvalue weighted by Gasteiger charge is -2.36. The number of halogens is 1. The molecule has 0 aliphatic carbocycles. The summed E-state index contributed by atoms with van der Waals surface area (Å²) in [6.07, 6.45) is 1.35. The number of fused-ring (bicyclic) bond motifs is 1. The first-order chi connectivity index (χ1) is 15.5. The van der Waals surface area contributed by atoms with Crippen molar-refractivity contribution in [3.05, 3.63) is 53.1 Å². The third-order valence-corrected chi connectivity index (χ3v) is 7.90. The minimum atomic E-state index is -3.72. The predicted octanol–water partition coefficient (Wildman–Crippen LogP) is 4.83. The van der Waals surface area contributed by atoms with Crippen molar-refractivity contribution >= 4 is 48.5 Å². The molecule has 33 heavy (non-hydrogen) atoms. The molecule has 1 amide bonds. The molecule has 0 atom stereocenters. The van der Waals surface area contributed by atoms with Crippen LogP contribution in [0.15, 0.2) is 62.9 Å². The number of aromatic nitrogens is 1. The van der Waals surface area contributed by atoms with E-state index in [2.05, 4.69) is 20.8 Å². The summed E-state index contributed by atoms with van der Waals surface area (Å²) in [4.78, 5) is 16.7. The van der Waals surface area contributed by atoms with Crippen LogP contribution in [0, 0.1) is 0 Å². The molecule has 0 unspecified atom stereocenters. The molecule has 0 radical (unpaired) electrons. The fourth-order valence-corrected chi connectivity index (χ4v) is 5.89. The monoisotopic (exact) mass is 533 g/mol. The second-order valence-corrected chi connectivity index (χ2v) is 12.1. The van der Waals surface area contributed by atoms with Gasteiger partial charge < -0.3 is 19.1 Å². The molecule has 7 nitrogen and oxygen atoms in total. The smallest absolute Gasteiger partial charge is 0.410 e. The third kappa shape index (κ3) is 4.89. The Morgan fingerprint density at radius 2 is 1.73 bits per heavy atom. The van der Waals surface area contributed by atoms with Crippen molar-refractivity contribution in [3.63, 3.8) is 0 Å². The molecular weight excluding hydrogens is 506 g/mol. The second-order valence-electron chi connectivity index (χ2n) is 9.22. The molecule has 1 aromatic heterocycles. The van der Waals surface area contributed by atoms with Crippen LogP contribution in [0.5, 0.6) is 0 Å². The Bertz CT molecular complexity index is 1300. The van der Waals surface area contributed by atoms with Gasteiger partial charge in [0, 0.05) is 60.5 Å². The zero-order valence-corrected chi connectivity index (χ0v) is 21.6. The van der Waals surface area contributed by atoms with Gasteiger partial charge in [-0.25, -0.2) is 13.2 Å². The maximum atomic E-state index is 13.6. The van der Waals surface area contributed by atoms with Crippen LogP contribution in [-0.2, 0) is 21.6 Å². The summed E-state index contributed by atoms with van der Waals surface area (Å²) in [5.41, 5.74) is 1.14. The maximum absolute atomic E-state index is 13.6. The van der Waals surface area contributed by atoms with Crippen molar-refractivity contribution in [1.29, 1.82) is 0 Å². The molecular formula is C24H28BrN3O4S. The normalized spacial score (nSPS) is 15.2. The summed E-state index contributed by atoms with van der Waals surface area (Å²) in [7, 11) is -1.88. The molecule has 1 saturated heterocycles. The molecule has 1 aliphatic heterocycles. The van der Waals surface area contributed by atoms with E-state index in [0.29, 0.717) is 31.6 Å². The van der Waals surface area contributed by atoms with Crippen molar-refractivity contribution in [1.82, 2.24) is 9.47 Å². The topological polar surface area (TPSA) is 71.9 Å². The van der Waals surface area contributed by atoms with Crippen LogP contribution in [0.4, 0.5) is 10.5 Å². The van der Waals surface area contributed by atoms with Crippen LogP contribution >= 0.6 is 15.9 Å². The Morgan fingerprint density at radius 3 is 2.39 bits per heavy atom. The SMILES string of the molecule is Cn1cc(S(=O)(=O)c2cccc(N3CCN(C(=O)OC(C)(C)C)CC3)c2)c2cc(Br)ccc21. The average Bonchev–Trinajstić information content (AvgIpc) is 3.09. The fraction of sp³-hybridized carbons (Fsp3) is 0.375. The van der Waals surface area contributed by atoms with Crippen molar-refractivity contribution in [3.8, 4) is 0 Å². The summed E-state index contributed by atoms with van der Waals surface area (Å²) in [5, 5.41) is 0.684. The molecule has 2 aromatic carbocycles. The van der Waals surface area contributed by atoms with Gasteiger partial charge >= 0.3 is 6.09 Å². The summed E-state index contributed by atoms with van der Waals surface area (Å²) >= 11 is 3.45. The van der Waals surface area contributed by atoms with E-state index < -0.39 is 15.4 Å². The summed E-state index contributed by atoms with van der Waals surface area (Å²) in [6.45, 7) is 7.78. The Hall–Kier alpha value is -2.52. The maximum Gasteiger partial charge on any atom is 0.410 e. The molecule has 0 saturated carbocycles. The van der Waals surface area contributed by atoms with E-state index in [-0.39, 0.29) is 15.9 Å². The molecule has 2 heterocycles. The van der Waals surface area contributed by atoms with E-state index in [1.54, 1.807) is 29.3 Å². The number of rotatable bonds is 3. The lowest BCUT2D eigenvalue weighted by atomic mass is 10.2. The first-order valence-corrected chi connectivity index (χ1v) is 13.1. The summed E-state index contributed by atoms with van der Waals surface area (Å²) in [6, 6.07) is 12.7. The number of sulfone groups is 1. The zero-order chi connectivity index (χ0) is 24.0. The van der Waals surface area contributed by atoms with Crippen molar-refractivity contribution in [2.45, 2.75) is 36.2 Å². The first kappa shape index (κ1) is 23.6. The van der Waals surface area contributed by atoms with E-state index in [1.165, 1.54) is 0 Å². The van der Waals surface area contributed by atoms with E-state index in [4.69, 9.17) is 4.74 Å². The van der Waals surface area contributed by atoms with Crippen LogP contribution in [0.1, 0.15) is 20.8 Å². The van der Waals surface area contributed by atoms with E-state index in [0.717, 1.165) is 15.7 Å². The summed E-state index contributed by atoms with van der Waals surface area (Å²) < 4.78 is 35.2. The zero-order valence-electron chi connectivity index (χ0n) is 19.2. The van der Waals surface area contributed by atoms with Gasteiger partial charge in [-0.3, -0.25) is 0 Å². The molecule has 3 aromatic rings. The van der Waals surface area contributed by atoms with E-state index in [1.807, 2.05) is 56.7 Å². The number of carbonyl (C=O) groups is 1. The highest BCUT2D eigenvalue weighted by atomic mass is 79.9. The van der Waals surface area contributed by atoms with Crippen LogP contribution in [0.3, 0.4) is 0 Å². The Labute approximate surface area is 203 Å². The Balaban J connectivity index is 1.57. The number of aryl methyl sites for hydroxylation is 1. The van der Waals surface area contributed by atoms with Gasteiger partial charge in [0.05, 0.1) is 9.79 Å². The van der Waals surface area contributed by atoms with Crippen LogP contribution in [0.25, 0.3) is 10.9 Å². The Kier molecular flexibility index (Phi) is 6.22. The standard InChI is InChI=1S/C24H28BrN3O4S/c1-24(2,3)32-23(29)28-12-10-27(11-13-28)18-6-5-7-19(15-18)33(30,31)22-16-26(4)21-9-8-17(25)14-20(21)22/h5-9,14-16H,10-13H2,1-4H3. The molecule has 0 spiro atoms. The van der Waals surface area contributed by atoms with Gasteiger partial charge in [0.15, 0.2) is 0 Å². The lowest BCUT2D eigenvalue weighted by molar-refractivity contribution is 0.0240. The molecule has 176 valence electrons. The third-order valence-electron chi connectivity index (χ3n) is 5.63. The van der Waals surface area contributed by atoms with E-state index >= 15 is 0 Å². The van der Waals surface area contributed by atoms with E-state index in [9.17, 15) is 13.2 Å². The molecule has 0 N–H and O–H groups in total. The number of anilines is 1.